The molecule has 0 radical (unpaired) electrons. The second-order valence-corrected chi connectivity index (χ2v) is 18.2. The molecule has 3 rings (SSSR count). The van der Waals surface area contributed by atoms with E-state index in [4.69, 9.17) is 26.4 Å². The SMILES string of the molecule is CC(=N)c1ccc(CCC(=O)[C@H](CCC(N)=O)NC(=O)[C@@H](CCc2ccccc2)NC(=O)OC(C)(C)C)cc1.CC(C)(C)OC(=O)N[C@H](CCc1ccccc1)C(=O)N[C@@H](CCC(N)=O)C(=O)O. The van der Waals surface area contributed by atoms with E-state index in [0.29, 0.717) is 25.0 Å². The number of rotatable bonds is 24. The maximum Gasteiger partial charge on any atom is 0.408 e. The van der Waals surface area contributed by atoms with Crippen molar-refractivity contribution in [2.75, 3.05) is 0 Å². The number of primary amides is 2. The molecule has 68 heavy (non-hydrogen) atoms. The number of carbonyl (C=O) groups is 8. The Kier molecular flexibility index (Phi) is 23.6. The van der Waals surface area contributed by atoms with Crippen LogP contribution in [-0.4, -0.2) is 93.8 Å². The van der Waals surface area contributed by atoms with E-state index in [1.165, 1.54) is 0 Å². The summed E-state index contributed by atoms with van der Waals surface area (Å²) in [5.41, 5.74) is 13.0. The van der Waals surface area contributed by atoms with E-state index in [9.17, 15) is 43.5 Å². The number of ether oxygens (including phenoxy) is 2. The van der Waals surface area contributed by atoms with E-state index in [2.05, 4.69) is 21.3 Å². The van der Waals surface area contributed by atoms with Gasteiger partial charge in [0, 0.05) is 25.0 Å². The van der Waals surface area contributed by atoms with Crippen molar-refractivity contribution in [2.24, 2.45) is 11.5 Å². The summed E-state index contributed by atoms with van der Waals surface area (Å²) in [6.07, 6.45) is 0.221. The number of Topliss-reactive ketones (excluding diaryl/α,β-unsaturated/α-hetero) is 1. The van der Waals surface area contributed by atoms with Crippen LogP contribution in [0, 0.1) is 5.41 Å². The van der Waals surface area contributed by atoms with Crippen LogP contribution in [0.2, 0.25) is 0 Å². The Morgan fingerprint density at radius 1 is 0.529 bits per heavy atom. The molecular weight excluding hydrogens is 875 g/mol. The van der Waals surface area contributed by atoms with Crippen LogP contribution in [-0.2, 0) is 57.5 Å². The number of carbonyl (C=O) groups excluding carboxylic acids is 7. The molecule has 0 aliphatic heterocycles. The number of alkyl carbamates (subject to hydrolysis) is 2. The van der Waals surface area contributed by atoms with E-state index < -0.39 is 77.2 Å². The average Bonchev–Trinajstić information content (AvgIpc) is 3.25. The highest BCUT2D eigenvalue weighted by atomic mass is 16.6. The first-order valence-corrected chi connectivity index (χ1v) is 22.5. The van der Waals surface area contributed by atoms with Crippen LogP contribution in [0.4, 0.5) is 9.59 Å². The van der Waals surface area contributed by atoms with Gasteiger partial charge in [0.25, 0.3) is 0 Å². The molecule has 0 saturated carbocycles. The molecule has 18 heteroatoms. The second kappa shape index (κ2) is 28.2. The van der Waals surface area contributed by atoms with Crippen LogP contribution in [0.1, 0.15) is 116 Å². The zero-order valence-corrected chi connectivity index (χ0v) is 40.1. The van der Waals surface area contributed by atoms with Gasteiger partial charge in [-0.2, -0.15) is 0 Å². The number of benzene rings is 3. The monoisotopic (exact) mass is 944 g/mol. The molecule has 10 N–H and O–H groups in total. The van der Waals surface area contributed by atoms with E-state index in [1.807, 2.05) is 84.9 Å². The minimum absolute atomic E-state index is 0.0592. The number of hydrogen-bond acceptors (Lipinski definition) is 11. The molecule has 0 saturated heterocycles. The number of aryl methyl sites for hydroxylation is 3. The van der Waals surface area contributed by atoms with Crippen LogP contribution >= 0.6 is 0 Å². The van der Waals surface area contributed by atoms with E-state index >= 15 is 0 Å². The van der Waals surface area contributed by atoms with Gasteiger partial charge in [-0.25, -0.2) is 14.4 Å². The largest absolute Gasteiger partial charge is 0.480 e. The molecule has 3 aromatic rings. The molecule has 0 heterocycles. The third-order valence-corrected chi connectivity index (χ3v) is 9.87. The van der Waals surface area contributed by atoms with E-state index in [-0.39, 0.29) is 50.7 Å². The summed E-state index contributed by atoms with van der Waals surface area (Å²) in [7, 11) is 0. The van der Waals surface area contributed by atoms with Crippen LogP contribution < -0.4 is 32.7 Å². The van der Waals surface area contributed by atoms with Gasteiger partial charge in [0.05, 0.1) is 6.04 Å². The Morgan fingerprint density at radius 3 is 1.28 bits per heavy atom. The number of nitrogens with two attached hydrogens (primary N) is 2. The Balaban J connectivity index is 0.000000488. The summed E-state index contributed by atoms with van der Waals surface area (Å²) in [6.45, 7) is 12.0. The van der Waals surface area contributed by atoms with Crippen molar-refractivity contribution < 1.29 is 52.9 Å². The average molecular weight is 944 g/mol. The molecule has 4 atom stereocenters. The smallest absolute Gasteiger partial charge is 0.408 e. The van der Waals surface area contributed by atoms with Crippen molar-refractivity contribution in [3.05, 3.63) is 107 Å². The molecule has 0 aromatic heterocycles. The number of nitrogens with one attached hydrogen (secondary N) is 5. The number of amides is 6. The molecule has 0 bridgehead atoms. The molecule has 0 aliphatic rings. The standard InChI is InChI=1S/C30H40N4O5.C20H29N3O6/c1-20(31)23-14-10-22(11-15-23)13-18-26(35)24(17-19-27(32)36)33-28(37)25(34-29(38)39-30(2,3)4)16-12-21-8-6-5-7-9-21;1-20(2,3)29-19(28)23-14(10-9-13-7-5-4-6-8-13)17(25)22-15(18(26)27)11-12-16(21)24/h5-11,14-15,24-25,31H,12-13,16-19H2,1-4H3,(H2,32,36)(H,33,37)(H,34,38);4-8,14-15H,9-12H2,1-3H3,(H2,21,24)(H,22,25)(H,23,28)(H,26,27)/t24-,25+;14-,15+/m01/s1. The molecule has 3 aromatic carbocycles. The molecule has 18 nitrogen and oxygen atoms in total. The number of aliphatic carboxylic acids is 1. The fraction of sp³-hybridized carbons (Fsp3) is 0.460. The van der Waals surface area contributed by atoms with Crippen LogP contribution in [0.25, 0.3) is 0 Å². The lowest BCUT2D eigenvalue weighted by atomic mass is 9.98. The Hall–Kier alpha value is -7.11. The van der Waals surface area contributed by atoms with Gasteiger partial charge in [-0.05, 0) is 116 Å². The van der Waals surface area contributed by atoms with Gasteiger partial charge in [0.1, 0.15) is 29.3 Å². The predicted octanol–water partition coefficient (Wildman–Crippen LogP) is 5.20. The fourth-order valence-electron chi connectivity index (χ4n) is 6.40. The molecule has 0 aliphatic carbocycles. The highest BCUT2D eigenvalue weighted by Crippen LogP contribution is 2.14. The lowest BCUT2D eigenvalue weighted by molar-refractivity contribution is -0.142. The van der Waals surface area contributed by atoms with Crippen LogP contribution in [0.3, 0.4) is 0 Å². The predicted molar refractivity (Wildman–Crippen MR) is 256 cm³/mol. The molecule has 370 valence electrons. The fourth-order valence-corrected chi connectivity index (χ4v) is 6.40. The first kappa shape index (κ1) is 57.0. The lowest BCUT2D eigenvalue weighted by Crippen LogP contribution is -2.52. The van der Waals surface area contributed by atoms with Gasteiger partial charge < -0.3 is 52.7 Å². The van der Waals surface area contributed by atoms with E-state index in [0.717, 1.165) is 22.3 Å². The quantitative estimate of drug-likeness (QED) is 0.0540. The molecule has 0 unspecified atom stereocenters. The lowest BCUT2D eigenvalue weighted by Gasteiger charge is -2.25. The van der Waals surface area contributed by atoms with Gasteiger partial charge in [0.15, 0.2) is 5.78 Å². The number of carboxylic acids is 1. The normalized spacial score (nSPS) is 12.8. The Morgan fingerprint density at radius 2 is 0.912 bits per heavy atom. The third kappa shape index (κ3) is 24.4. The number of carboxylic acid groups (broad SMARTS) is 1. The van der Waals surface area contributed by atoms with Gasteiger partial charge in [-0.1, -0.05) is 84.9 Å². The van der Waals surface area contributed by atoms with Crippen molar-refractivity contribution in [2.45, 2.75) is 148 Å². The zero-order chi connectivity index (χ0) is 51.0. The Bertz CT molecular complexity index is 2150. The van der Waals surface area contributed by atoms with Crippen molar-refractivity contribution in [3.63, 3.8) is 0 Å². The Labute approximate surface area is 398 Å². The first-order chi connectivity index (χ1) is 31.8. The molecule has 0 spiro atoms. The van der Waals surface area contributed by atoms with E-state index in [1.54, 1.807) is 48.5 Å². The number of hydrogen-bond donors (Lipinski definition) is 8. The highest BCUT2D eigenvalue weighted by molar-refractivity contribution is 5.96. The van der Waals surface area contributed by atoms with Gasteiger partial charge >= 0.3 is 18.2 Å². The third-order valence-electron chi connectivity index (χ3n) is 9.87. The first-order valence-electron chi connectivity index (χ1n) is 22.5. The summed E-state index contributed by atoms with van der Waals surface area (Å²) in [5.74, 6) is -3.99. The molecule has 6 amide bonds. The summed E-state index contributed by atoms with van der Waals surface area (Å²) in [4.78, 5) is 97.5. The summed E-state index contributed by atoms with van der Waals surface area (Å²) in [6, 6.07) is 22.1. The maximum atomic E-state index is 13.3. The summed E-state index contributed by atoms with van der Waals surface area (Å²) >= 11 is 0. The minimum Gasteiger partial charge on any atom is -0.480 e. The molecular formula is C50H69N7O11. The second-order valence-electron chi connectivity index (χ2n) is 18.2. The summed E-state index contributed by atoms with van der Waals surface area (Å²) < 4.78 is 10.5. The molecule has 0 fully saturated rings. The van der Waals surface area contributed by atoms with Gasteiger partial charge in [-0.3, -0.25) is 24.0 Å². The van der Waals surface area contributed by atoms with Crippen molar-refractivity contribution in [1.82, 2.24) is 21.3 Å². The van der Waals surface area contributed by atoms with Crippen LogP contribution in [0.5, 0.6) is 0 Å². The summed E-state index contributed by atoms with van der Waals surface area (Å²) in [5, 5.41) is 27.2. The maximum absolute atomic E-state index is 13.3. The topological polar surface area (TPSA) is 299 Å². The van der Waals surface area contributed by atoms with Gasteiger partial charge in [-0.15, -0.1) is 0 Å². The van der Waals surface area contributed by atoms with Crippen molar-refractivity contribution in [3.8, 4) is 0 Å². The van der Waals surface area contributed by atoms with Crippen LogP contribution in [0.15, 0.2) is 84.9 Å². The highest BCUT2D eigenvalue weighted by Gasteiger charge is 2.30. The number of ketones is 1. The zero-order valence-electron chi connectivity index (χ0n) is 40.1. The van der Waals surface area contributed by atoms with Gasteiger partial charge in [0.2, 0.25) is 23.6 Å². The van der Waals surface area contributed by atoms with Crippen molar-refractivity contribution in [1.29, 1.82) is 5.41 Å². The van der Waals surface area contributed by atoms with Crippen molar-refractivity contribution >= 4 is 53.3 Å². The minimum atomic E-state index is -1.30.